The van der Waals surface area contributed by atoms with Crippen LogP contribution in [-0.4, -0.2) is 19.4 Å². The highest BCUT2D eigenvalue weighted by molar-refractivity contribution is 5.86. The minimum absolute atomic E-state index is 0.114. The summed E-state index contributed by atoms with van der Waals surface area (Å²) in [5.74, 6) is 0.0667. The quantitative estimate of drug-likeness (QED) is 0.700. The van der Waals surface area contributed by atoms with Gasteiger partial charge in [0.15, 0.2) is 0 Å². The number of carbonyl (C=O) groups excluding carboxylic acids is 1. The number of nitrogens with one attached hydrogen (secondary N) is 1. The molecule has 3 aromatic rings. The van der Waals surface area contributed by atoms with Gasteiger partial charge in [0.05, 0.1) is 6.42 Å². The van der Waals surface area contributed by atoms with E-state index < -0.39 is 0 Å². The van der Waals surface area contributed by atoms with Crippen LogP contribution in [0.15, 0.2) is 40.8 Å². The Bertz CT molecular complexity index is 958. The second-order valence-electron chi connectivity index (χ2n) is 6.74. The molecule has 1 aromatic heterocycles. The molecule has 1 N–H and O–H groups in total. The van der Waals surface area contributed by atoms with Crippen LogP contribution in [0.4, 0.5) is 8.78 Å². The summed E-state index contributed by atoms with van der Waals surface area (Å²) in [6.45, 7) is 1.67. The van der Waals surface area contributed by atoms with Gasteiger partial charge in [0.2, 0.25) is 0 Å². The van der Waals surface area contributed by atoms with Crippen molar-refractivity contribution in [2.24, 2.45) is 0 Å². The highest BCUT2D eigenvalue weighted by Crippen LogP contribution is 2.36. The van der Waals surface area contributed by atoms with Crippen LogP contribution in [0, 0.1) is 11.6 Å². The van der Waals surface area contributed by atoms with Crippen LogP contribution in [0.3, 0.4) is 0 Å². The van der Waals surface area contributed by atoms with Gasteiger partial charge in [0, 0.05) is 35.4 Å². The maximum Gasteiger partial charge on any atom is 0.138 e. The Morgan fingerprint density at radius 2 is 2.08 bits per heavy atom. The smallest absolute Gasteiger partial charge is 0.138 e. The molecule has 0 amide bonds. The zero-order valence-corrected chi connectivity index (χ0v) is 14.2. The van der Waals surface area contributed by atoms with Crippen molar-refractivity contribution in [3.8, 4) is 0 Å². The van der Waals surface area contributed by atoms with Crippen molar-refractivity contribution >= 4 is 17.3 Å². The molecule has 0 bridgehead atoms. The summed E-state index contributed by atoms with van der Waals surface area (Å²) in [5.41, 5.74) is 2.99. The van der Waals surface area contributed by atoms with Crippen LogP contribution in [0.25, 0.3) is 11.0 Å². The fraction of sp³-hybridized carbons (Fsp3) is 0.286. The molecule has 0 spiro atoms. The highest BCUT2D eigenvalue weighted by atomic mass is 19.1. The Kier molecular flexibility index (Phi) is 4.55. The van der Waals surface area contributed by atoms with E-state index >= 15 is 0 Å². The van der Waals surface area contributed by atoms with Gasteiger partial charge in [-0.05, 0) is 42.8 Å². The average Bonchev–Trinajstić information content (AvgIpc) is 3.24. The molecule has 4 rings (SSSR count). The average molecular weight is 355 g/mol. The van der Waals surface area contributed by atoms with Crippen molar-refractivity contribution in [3.05, 3.63) is 70.5 Å². The van der Waals surface area contributed by atoms with Gasteiger partial charge >= 0.3 is 0 Å². The molecule has 0 radical (unpaired) electrons. The minimum atomic E-state index is -0.323. The highest BCUT2D eigenvalue weighted by Gasteiger charge is 2.24. The molecule has 1 unspecified atom stereocenters. The van der Waals surface area contributed by atoms with Gasteiger partial charge in [-0.25, -0.2) is 8.78 Å². The molecule has 1 aliphatic rings. The molecule has 1 fully saturated rings. The molecule has 0 saturated carbocycles. The number of carbonyl (C=O) groups is 1. The topological polar surface area (TPSA) is 42.2 Å². The van der Waals surface area contributed by atoms with E-state index in [0.717, 1.165) is 42.5 Å². The fourth-order valence-corrected chi connectivity index (χ4v) is 3.80. The molecule has 0 aliphatic carbocycles. The van der Waals surface area contributed by atoms with E-state index in [0.29, 0.717) is 23.2 Å². The Morgan fingerprint density at radius 3 is 2.81 bits per heavy atom. The van der Waals surface area contributed by atoms with Crippen LogP contribution in [0.1, 0.15) is 34.8 Å². The molecular weight excluding hydrogens is 336 g/mol. The van der Waals surface area contributed by atoms with E-state index in [1.807, 2.05) is 6.07 Å². The first kappa shape index (κ1) is 16.9. The SMILES string of the molecule is O=CCc1oc2c(C3CCNC3)cc(F)cc2c1Cc1cccc(F)c1. The number of fused-ring (bicyclic) bond motifs is 1. The first-order valence-electron chi connectivity index (χ1n) is 8.78. The predicted molar refractivity (Wildman–Crippen MR) is 95.4 cm³/mol. The van der Waals surface area contributed by atoms with Gasteiger partial charge in [0.1, 0.15) is 29.3 Å². The number of halogens is 2. The van der Waals surface area contributed by atoms with Gasteiger partial charge in [-0.3, -0.25) is 0 Å². The molecular formula is C21H19F2NO2. The van der Waals surface area contributed by atoms with Gasteiger partial charge in [-0.1, -0.05) is 12.1 Å². The summed E-state index contributed by atoms with van der Waals surface area (Å²) in [6, 6.07) is 9.27. The van der Waals surface area contributed by atoms with E-state index in [4.69, 9.17) is 4.42 Å². The Hall–Kier alpha value is -2.53. The maximum absolute atomic E-state index is 14.3. The number of hydrogen-bond acceptors (Lipinski definition) is 3. The van der Waals surface area contributed by atoms with Crippen molar-refractivity contribution in [1.82, 2.24) is 5.32 Å². The molecule has 134 valence electrons. The molecule has 26 heavy (non-hydrogen) atoms. The number of aldehydes is 1. The Labute approximate surface area is 150 Å². The van der Waals surface area contributed by atoms with E-state index in [-0.39, 0.29) is 24.0 Å². The molecule has 3 nitrogen and oxygen atoms in total. The number of benzene rings is 2. The molecule has 1 atom stereocenters. The normalized spacial score (nSPS) is 17.1. The predicted octanol–water partition coefficient (Wildman–Crippen LogP) is 4.12. The first-order chi connectivity index (χ1) is 12.7. The third-order valence-corrected chi connectivity index (χ3v) is 5.01. The molecule has 2 aromatic carbocycles. The van der Waals surface area contributed by atoms with E-state index in [1.165, 1.54) is 24.3 Å². The number of rotatable bonds is 5. The lowest BCUT2D eigenvalue weighted by molar-refractivity contribution is -0.107. The van der Waals surface area contributed by atoms with Crippen molar-refractivity contribution < 1.29 is 18.0 Å². The summed E-state index contributed by atoms with van der Waals surface area (Å²) in [5, 5.41) is 3.96. The van der Waals surface area contributed by atoms with Crippen molar-refractivity contribution in [1.29, 1.82) is 0 Å². The lowest BCUT2D eigenvalue weighted by atomic mass is 9.94. The lowest BCUT2D eigenvalue weighted by Gasteiger charge is -2.10. The van der Waals surface area contributed by atoms with E-state index in [1.54, 1.807) is 6.07 Å². The second-order valence-corrected chi connectivity index (χ2v) is 6.74. The molecule has 1 saturated heterocycles. The summed E-state index contributed by atoms with van der Waals surface area (Å²) >= 11 is 0. The molecule has 2 heterocycles. The van der Waals surface area contributed by atoms with Crippen molar-refractivity contribution in [3.63, 3.8) is 0 Å². The van der Waals surface area contributed by atoms with Gasteiger partial charge in [-0.15, -0.1) is 0 Å². The lowest BCUT2D eigenvalue weighted by Crippen LogP contribution is -2.08. The number of furan rings is 1. The van der Waals surface area contributed by atoms with Crippen LogP contribution >= 0.6 is 0 Å². The molecule has 5 heteroatoms. The standard InChI is InChI=1S/C21H19F2NO2/c22-15-3-1-2-13(8-15)9-18-19-11-16(23)10-17(14-4-6-24-12-14)21(19)26-20(18)5-7-25/h1-3,7-8,10-11,14,24H,4-6,9,12H2. The van der Waals surface area contributed by atoms with Gasteiger partial charge in [-0.2, -0.15) is 0 Å². The van der Waals surface area contributed by atoms with Crippen LogP contribution < -0.4 is 5.32 Å². The van der Waals surface area contributed by atoms with Crippen LogP contribution in [0.2, 0.25) is 0 Å². The maximum atomic E-state index is 14.3. The third kappa shape index (κ3) is 3.15. The van der Waals surface area contributed by atoms with Crippen LogP contribution in [0.5, 0.6) is 0 Å². The fourth-order valence-electron chi connectivity index (χ4n) is 3.80. The van der Waals surface area contributed by atoms with Gasteiger partial charge in [0.25, 0.3) is 0 Å². The zero-order chi connectivity index (χ0) is 18.1. The monoisotopic (exact) mass is 355 g/mol. The van der Waals surface area contributed by atoms with Crippen LogP contribution in [-0.2, 0) is 17.6 Å². The largest absolute Gasteiger partial charge is 0.460 e. The van der Waals surface area contributed by atoms with E-state index in [2.05, 4.69) is 5.32 Å². The summed E-state index contributed by atoms with van der Waals surface area (Å²) in [7, 11) is 0. The zero-order valence-electron chi connectivity index (χ0n) is 14.2. The first-order valence-corrected chi connectivity index (χ1v) is 8.78. The molecule has 1 aliphatic heterocycles. The summed E-state index contributed by atoms with van der Waals surface area (Å²) in [4.78, 5) is 11.1. The van der Waals surface area contributed by atoms with Crippen molar-refractivity contribution in [2.45, 2.75) is 25.2 Å². The second kappa shape index (κ2) is 7.00. The minimum Gasteiger partial charge on any atom is -0.460 e. The third-order valence-electron chi connectivity index (χ3n) is 5.01. The Balaban J connectivity index is 1.86. The Morgan fingerprint density at radius 1 is 1.19 bits per heavy atom. The number of hydrogen-bond donors (Lipinski definition) is 1. The van der Waals surface area contributed by atoms with E-state index in [9.17, 15) is 13.6 Å². The van der Waals surface area contributed by atoms with Crippen molar-refractivity contribution in [2.75, 3.05) is 13.1 Å². The summed E-state index contributed by atoms with van der Waals surface area (Å²) < 4.78 is 33.9. The van der Waals surface area contributed by atoms with Gasteiger partial charge < -0.3 is 14.5 Å². The summed E-state index contributed by atoms with van der Waals surface area (Å²) in [6.07, 6.45) is 2.20.